The van der Waals surface area contributed by atoms with E-state index in [0.29, 0.717) is 6.61 Å². The van der Waals surface area contributed by atoms with Crippen molar-refractivity contribution in [3.05, 3.63) is 6.92 Å². The van der Waals surface area contributed by atoms with Crippen LogP contribution in [0.4, 0.5) is 0 Å². The summed E-state index contributed by atoms with van der Waals surface area (Å²) < 4.78 is 10.6. The average Bonchev–Trinajstić information content (AvgIpc) is 2.61. The molecule has 0 N–H and O–H groups in total. The first-order valence-corrected chi connectivity index (χ1v) is 4.20. The van der Waals surface area contributed by atoms with Gasteiger partial charge in [-0.25, -0.2) is 0 Å². The molecule has 0 amide bonds. The third-order valence-electron chi connectivity index (χ3n) is 2.10. The van der Waals surface area contributed by atoms with Crippen molar-refractivity contribution < 1.29 is 9.47 Å². The van der Waals surface area contributed by atoms with Gasteiger partial charge in [-0.1, -0.05) is 13.3 Å². The number of rotatable bonds is 2. The average molecular weight is 176 g/mol. The third-order valence-corrected chi connectivity index (χ3v) is 2.10. The molecule has 2 unspecified atom stereocenters. The number of hydrogen-bond donors (Lipinski definition) is 0. The van der Waals surface area contributed by atoms with Crippen molar-refractivity contribution in [2.24, 2.45) is 5.92 Å². The Balaban J connectivity index is 2.65. The summed E-state index contributed by atoms with van der Waals surface area (Å²) in [5, 5.41) is 0. The second kappa shape index (κ2) is 3.83. The summed E-state index contributed by atoms with van der Waals surface area (Å²) in [4.78, 5) is 0. The Bertz CT molecular complexity index is 242. The molecule has 1 aliphatic heterocycles. The van der Waals surface area contributed by atoms with E-state index in [4.69, 9.17) is 29.2 Å². The molecule has 0 aromatic carbocycles. The summed E-state index contributed by atoms with van der Waals surface area (Å²) in [5.41, 5.74) is 0. The van der Waals surface area contributed by atoms with Gasteiger partial charge < -0.3 is 9.47 Å². The topological polar surface area (TPSA) is 18.5 Å². The minimum absolute atomic E-state index is 0.0800. The maximum absolute atomic E-state index is 5.77. The molecule has 2 radical (unpaired) electrons. The highest BCUT2D eigenvalue weighted by Crippen LogP contribution is 2.27. The Morgan fingerprint density at radius 1 is 1.54 bits per heavy atom. The molecule has 0 bridgehead atoms. The Morgan fingerprint density at radius 2 is 2.15 bits per heavy atom. The van der Waals surface area contributed by atoms with Gasteiger partial charge in [0.25, 0.3) is 0 Å². The quantitative estimate of drug-likeness (QED) is 0.587. The standard InChI is InChI=1S/C11H12O2/c1-5-9(4)10-8-12-11(6-2,7-3)13-10/h2-4,9-10H,5,8H2,1H3. The first-order chi connectivity index (χ1) is 6.17. The van der Waals surface area contributed by atoms with Crippen LogP contribution in [0.15, 0.2) is 0 Å². The molecule has 2 atom stereocenters. The molecule has 1 rings (SSSR count). The normalized spacial score (nSPS) is 27.5. The van der Waals surface area contributed by atoms with Gasteiger partial charge in [0.1, 0.15) is 0 Å². The highest BCUT2D eigenvalue weighted by molar-refractivity contribution is 5.22. The molecular weight excluding hydrogens is 164 g/mol. The largest absolute Gasteiger partial charge is 0.327 e. The van der Waals surface area contributed by atoms with Gasteiger partial charge in [-0.2, -0.15) is 0 Å². The summed E-state index contributed by atoms with van der Waals surface area (Å²) >= 11 is 0. The van der Waals surface area contributed by atoms with Crippen LogP contribution < -0.4 is 0 Å². The molecule has 68 valence electrons. The van der Waals surface area contributed by atoms with E-state index < -0.39 is 5.79 Å². The lowest BCUT2D eigenvalue weighted by Gasteiger charge is -2.17. The first-order valence-electron chi connectivity index (χ1n) is 4.20. The zero-order valence-electron chi connectivity index (χ0n) is 7.62. The fourth-order valence-electron chi connectivity index (χ4n) is 1.15. The molecule has 1 aliphatic rings. The van der Waals surface area contributed by atoms with Crippen molar-refractivity contribution in [2.75, 3.05) is 6.61 Å². The highest BCUT2D eigenvalue weighted by atomic mass is 16.7. The van der Waals surface area contributed by atoms with Crippen molar-refractivity contribution in [2.45, 2.75) is 25.2 Å². The van der Waals surface area contributed by atoms with Crippen LogP contribution in [0.1, 0.15) is 13.3 Å². The van der Waals surface area contributed by atoms with Crippen LogP contribution in [-0.2, 0) is 9.47 Å². The first kappa shape index (κ1) is 10.1. The zero-order valence-corrected chi connectivity index (χ0v) is 7.62. The lowest BCUT2D eigenvalue weighted by atomic mass is 10.0. The Labute approximate surface area is 79.6 Å². The van der Waals surface area contributed by atoms with E-state index in [1.807, 2.05) is 6.92 Å². The second-order valence-corrected chi connectivity index (χ2v) is 2.94. The van der Waals surface area contributed by atoms with Gasteiger partial charge in [0.05, 0.1) is 12.7 Å². The van der Waals surface area contributed by atoms with E-state index >= 15 is 0 Å². The summed E-state index contributed by atoms with van der Waals surface area (Å²) in [6.07, 6.45) is 11.0. The van der Waals surface area contributed by atoms with Gasteiger partial charge in [-0.3, -0.25) is 0 Å². The van der Waals surface area contributed by atoms with Crippen LogP contribution in [0.25, 0.3) is 0 Å². The van der Waals surface area contributed by atoms with E-state index in [2.05, 4.69) is 11.8 Å². The van der Waals surface area contributed by atoms with Crippen LogP contribution in [-0.4, -0.2) is 18.5 Å². The number of terminal acetylenes is 2. The van der Waals surface area contributed by atoms with E-state index in [-0.39, 0.29) is 12.0 Å². The van der Waals surface area contributed by atoms with Gasteiger partial charge in [-0.05, 0) is 24.7 Å². The molecule has 0 saturated carbocycles. The van der Waals surface area contributed by atoms with Crippen molar-refractivity contribution in [3.63, 3.8) is 0 Å². The predicted octanol–water partition coefficient (Wildman–Crippen LogP) is 1.10. The maximum Gasteiger partial charge on any atom is 0.300 e. The van der Waals surface area contributed by atoms with Crippen LogP contribution in [0.3, 0.4) is 0 Å². The Morgan fingerprint density at radius 3 is 2.54 bits per heavy atom. The monoisotopic (exact) mass is 176 g/mol. The SMILES string of the molecule is [CH]C(CC)C1COC(C#C)(C#C)O1. The minimum atomic E-state index is -1.29. The van der Waals surface area contributed by atoms with Crippen molar-refractivity contribution in [1.29, 1.82) is 0 Å². The van der Waals surface area contributed by atoms with Gasteiger partial charge in [0, 0.05) is 0 Å². The molecule has 0 aromatic rings. The van der Waals surface area contributed by atoms with Crippen LogP contribution in [0.5, 0.6) is 0 Å². The molecule has 0 spiro atoms. The lowest BCUT2D eigenvalue weighted by Crippen LogP contribution is -2.28. The van der Waals surface area contributed by atoms with Crippen molar-refractivity contribution in [3.8, 4) is 24.7 Å². The molecule has 0 aliphatic carbocycles. The Hall–Kier alpha value is -0.960. The van der Waals surface area contributed by atoms with E-state index in [9.17, 15) is 0 Å². The van der Waals surface area contributed by atoms with Crippen molar-refractivity contribution >= 4 is 0 Å². The molecule has 1 fully saturated rings. The highest BCUT2D eigenvalue weighted by Gasteiger charge is 2.40. The van der Waals surface area contributed by atoms with E-state index in [1.165, 1.54) is 0 Å². The van der Waals surface area contributed by atoms with Crippen LogP contribution >= 0.6 is 0 Å². The van der Waals surface area contributed by atoms with E-state index in [1.54, 1.807) is 0 Å². The Kier molecular flexibility index (Phi) is 2.98. The number of ether oxygens (including phenoxy) is 2. The zero-order chi connectivity index (χ0) is 9.90. The van der Waals surface area contributed by atoms with Gasteiger partial charge >= 0.3 is 5.79 Å². The summed E-state index contributed by atoms with van der Waals surface area (Å²) in [7, 11) is 0. The summed E-state index contributed by atoms with van der Waals surface area (Å²) in [6.45, 7) is 8.10. The number of hydrogen-bond acceptors (Lipinski definition) is 2. The third kappa shape index (κ3) is 1.86. The minimum Gasteiger partial charge on any atom is -0.327 e. The lowest BCUT2D eigenvalue weighted by molar-refractivity contribution is -0.0785. The molecule has 2 nitrogen and oxygen atoms in total. The fourth-order valence-corrected chi connectivity index (χ4v) is 1.15. The van der Waals surface area contributed by atoms with Crippen LogP contribution in [0.2, 0.25) is 0 Å². The summed E-state index contributed by atoms with van der Waals surface area (Å²) in [5.74, 6) is 3.23. The second-order valence-electron chi connectivity index (χ2n) is 2.94. The maximum atomic E-state index is 5.77. The summed E-state index contributed by atoms with van der Waals surface area (Å²) in [6, 6.07) is 0. The van der Waals surface area contributed by atoms with Crippen molar-refractivity contribution in [1.82, 2.24) is 0 Å². The molecule has 2 heteroatoms. The molecule has 1 saturated heterocycles. The molecule has 0 aromatic heterocycles. The van der Waals surface area contributed by atoms with Crippen LogP contribution in [0, 0.1) is 37.5 Å². The molecule has 13 heavy (non-hydrogen) atoms. The molecular formula is C11H12O2. The smallest absolute Gasteiger partial charge is 0.300 e. The van der Waals surface area contributed by atoms with E-state index in [0.717, 1.165) is 6.42 Å². The van der Waals surface area contributed by atoms with Gasteiger partial charge in [-0.15, -0.1) is 12.8 Å². The fraction of sp³-hybridized carbons (Fsp3) is 0.545. The van der Waals surface area contributed by atoms with Gasteiger partial charge in [0.2, 0.25) is 0 Å². The predicted molar refractivity (Wildman–Crippen MR) is 49.3 cm³/mol. The molecule has 1 heterocycles. The van der Waals surface area contributed by atoms with Gasteiger partial charge in [0.15, 0.2) is 0 Å².